The molecule has 1 N–H and O–H groups in total. The smallest absolute Gasteiger partial charge is 0.104 e. The molecule has 0 saturated heterocycles. The number of halogens is 1. The summed E-state index contributed by atoms with van der Waals surface area (Å²) in [4.78, 5) is 0. The first-order chi connectivity index (χ1) is 8.29. The van der Waals surface area contributed by atoms with E-state index in [-0.39, 0.29) is 6.61 Å². The molecule has 2 rings (SSSR count). The summed E-state index contributed by atoms with van der Waals surface area (Å²) >= 11 is 5.84. The van der Waals surface area contributed by atoms with Crippen LogP contribution in [0.25, 0.3) is 11.1 Å². The average molecular weight is 243 g/mol. The molecule has 0 radical (unpaired) electrons. The third kappa shape index (κ3) is 3.10. The van der Waals surface area contributed by atoms with Gasteiger partial charge in [-0.25, -0.2) is 0 Å². The Balaban J connectivity index is 2.26. The summed E-state index contributed by atoms with van der Waals surface area (Å²) in [7, 11) is 0. The zero-order valence-corrected chi connectivity index (χ0v) is 9.91. The molecule has 2 aromatic carbocycles. The maximum Gasteiger partial charge on any atom is 0.104 e. The number of aliphatic hydroxyl groups is 1. The van der Waals surface area contributed by atoms with E-state index in [1.807, 2.05) is 48.5 Å². The highest BCUT2D eigenvalue weighted by Crippen LogP contribution is 2.21. The van der Waals surface area contributed by atoms with Gasteiger partial charge in [0.15, 0.2) is 0 Å². The van der Waals surface area contributed by atoms with Crippen LogP contribution in [0, 0.1) is 11.8 Å². The Morgan fingerprint density at radius 3 is 1.94 bits per heavy atom. The van der Waals surface area contributed by atoms with Crippen LogP contribution < -0.4 is 0 Å². The van der Waals surface area contributed by atoms with Crippen molar-refractivity contribution in [3.63, 3.8) is 0 Å². The lowest BCUT2D eigenvalue weighted by Crippen LogP contribution is -1.80. The van der Waals surface area contributed by atoms with E-state index in [4.69, 9.17) is 16.7 Å². The fourth-order valence-electron chi connectivity index (χ4n) is 1.53. The second-order valence-electron chi connectivity index (χ2n) is 3.54. The topological polar surface area (TPSA) is 20.2 Å². The van der Waals surface area contributed by atoms with Gasteiger partial charge in [-0.3, -0.25) is 0 Å². The van der Waals surface area contributed by atoms with E-state index in [1.165, 1.54) is 0 Å². The van der Waals surface area contributed by atoms with Gasteiger partial charge in [0.05, 0.1) is 0 Å². The second-order valence-corrected chi connectivity index (χ2v) is 3.98. The van der Waals surface area contributed by atoms with Crippen molar-refractivity contribution in [1.82, 2.24) is 0 Å². The number of hydrogen-bond acceptors (Lipinski definition) is 1. The van der Waals surface area contributed by atoms with Gasteiger partial charge in [-0.2, -0.15) is 0 Å². The molecule has 0 unspecified atom stereocenters. The van der Waals surface area contributed by atoms with Crippen LogP contribution in [0.3, 0.4) is 0 Å². The Labute approximate surface area is 106 Å². The fraction of sp³-hybridized carbons (Fsp3) is 0.0667. The van der Waals surface area contributed by atoms with Crippen LogP contribution >= 0.6 is 11.6 Å². The van der Waals surface area contributed by atoms with Crippen molar-refractivity contribution >= 4 is 11.6 Å². The van der Waals surface area contributed by atoms with Gasteiger partial charge in [0.25, 0.3) is 0 Å². The summed E-state index contributed by atoms with van der Waals surface area (Å²) in [6.45, 7) is -0.112. The molecule has 2 heteroatoms. The minimum absolute atomic E-state index is 0.112. The predicted octanol–water partition coefficient (Wildman–Crippen LogP) is 3.35. The van der Waals surface area contributed by atoms with Crippen LogP contribution in [-0.2, 0) is 0 Å². The number of benzene rings is 2. The predicted molar refractivity (Wildman–Crippen MR) is 70.9 cm³/mol. The molecule has 0 amide bonds. The van der Waals surface area contributed by atoms with E-state index in [0.717, 1.165) is 21.7 Å². The zero-order chi connectivity index (χ0) is 12.1. The molecule has 84 valence electrons. The normalized spacial score (nSPS) is 9.53. The van der Waals surface area contributed by atoms with E-state index < -0.39 is 0 Å². The lowest BCUT2D eigenvalue weighted by molar-refractivity contribution is 0.350. The molecule has 0 aliphatic heterocycles. The van der Waals surface area contributed by atoms with E-state index >= 15 is 0 Å². The van der Waals surface area contributed by atoms with Crippen LogP contribution in [0.4, 0.5) is 0 Å². The molecule has 0 bridgehead atoms. The maximum absolute atomic E-state index is 8.60. The highest BCUT2D eigenvalue weighted by molar-refractivity contribution is 6.30. The van der Waals surface area contributed by atoms with E-state index in [2.05, 4.69) is 11.8 Å². The van der Waals surface area contributed by atoms with Crippen LogP contribution in [0.2, 0.25) is 5.02 Å². The molecule has 0 aromatic heterocycles. The van der Waals surface area contributed by atoms with Crippen LogP contribution in [-0.4, -0.2) is 11.7 Å². The molecule has 0 aliphatic carbocycles. The van der Waals surface area contributed by atoms with Gasteiger partial charge < -0.3 is 5.11 Å². The first-order valence-corrected chi connectivity index (χ1v) is 5.63. The molecule has 0 atom stereocenters. The van der Waals surface area contributed by atoms with Gasteiger partial charge in [0.2, 0.25) is 0 Å². The fourth-order valence-corrected chi connectivity index (χ4v) is 1.66. The molecule has 17 heavy (non-hydrogen) atoms. The molecule has 0 saturated carbocycles. The molecule has 0 fully saturated rings. The summed E-state index contributed by atoms with van der Waals surface area (Å²) < 4.78 is 0. The van der Waals surface area contributed by atoms with Crippen molar-refractivity contribution in [1.29, 1.82) is 0 Å². The molecule has 0 aliphatic rings. The van der Waals surface area contributed by atoms with Crippen molar-refractivity contribution in [2.75, 3.05) is 6.61 Å². The summed E-state index contributed by atoms with van der Waals surface area (Å²) in [6, 6.07) is 15.6. The van der Waals surface area contributed by atoms with Crippen LogP contribution in [0.1, 0.15) is 5.56 Å². The van der Waals surface area contributed by atoms with Crippen LogP contribution in [0.15, 0.2) is 48.5 Å². The molecule has 1 nitrogen and oxygen atoms in total. The van der Waals surface area contributed by atoms with Gasteiger partial charge >= 0.3 is 0 Å². The molecule has 0 heterocycles. The first kappa shape index (κ1) is 11.7. The van der Waals surface area contributed by atoms with Crippen molar-refractivity contribution < 1.29 is 5.11 Å². The second kappa shape index (κ2) is 5.54. The van der Waals surface area contributed by atoms with Gasteiger partial charge in [0, 0.05) is 10.6 Å². The Hall–Kier alpha value is -1.75. The summed E-state index contributed by atoms with van der Waals surface area (Å²) in [5, 5.41) is 9.34. The third-order valence-electron chi connectivity index (χ3n) is 2.37. The summed E-state index contributed by atoms with van der Waals surface area (Å²) in [5.74, 6) is 5.48. The van der Waals surface area contributed by atoms with Gasteiger partial charge in [-0.1, -0.05) is 47.7 Å². The summed E-state index contributed by atoms with van der Waals surface area (Å²) in [6.07, 6.45) is 0. The van der Waals surface area contributed by atoms with Crippen molar-refractivity contribution in [2.45, 2.75) is 0 Å². The van der Waals surface area contributed by atoms with Crippen molar-refractivity contribution in [2.24, 2.45) is 0 Å². The SMILES string of the molecule is OCC#Cc1ccc(-c2ccc(Cl)cc2)cc1. The maximum atomic E-state index is 8.60. The lowest BCUT2D eigenvalue weighted by atomic mass is 10.0. The first-order valence-electron chi connectivity index (χ1n) is 5.25. The third-order valence-corrected chi connectivity index (χ3v) is 2.63. The quantitative estimate of drug-likeness (QED) is 0.761. The van der Waals surface area contributed by atoms with Gasteiger partial charge in [-0.15, -0.1) is 0 Å². The molecule has 0 spiro atoms. The van der Waals surface area contributed by atoms with E-state index in [0.29, 0.717) is 0 Å². The number of aliphatic hydroxyl groups excluding tert-OH is 1. The van der Waals surface area contributed by atoms with Gasteiger partial charge in [0.1, 0.15) is 6.61 Å². The van der Waals surface area contributed by atoms with E-state index in [9.17, 15) is 0 Å². The Morgan fingerprint density at radius 1 is 0.882 bits per heavy atom. The average Bonchev–Trinajstić information content (AvgIpc) is 2.38. The minimum Gasteiger partial charge on any atom is -0.384 e. The van der Waals surface area contributed by atoms with Crippen LogP contribution in [0.5, 0.6) is 0 Å². The standard InChI is InChI=1S/C15H11ClO/c16-15-9-7-14(8-10-15)13-5-3-12(4-6-13)2-1-11-17/h3-10,17H,11H2. The molecular weight excluding hydrogens is 232 g/mol. The van der Waals surface area contributed by atoms with Crippen molar-refractivity contribution in [3.8, 4) is 23.0 Å². The molecule has 2 aromatic rings. The summed E-state index contributed by atoms with van der Waals surface area (Å²) in [5.41, 5.74) is 3.14. The minimum atomic E-state index is -0.112. The molecular formula is C15H11ClO. The number of rotatable bonds is 1. The highest BCUT2D eigenvalue weighted by atomic mass is 35.5. The zero-order valence-electron chi connectivity index (χ0n) is 9.15. The number of hydrogen-bond donors (Lipinski definition) is 1. The Kier molecular flexibility index (Phi) is 3.82. The van der Waals surface area contributed by atoms with Crippen molar-refractivity contribution in [3.05, 3.63) is 59.1 Å². The monoisotopic (exact) mass is 242 g/mol. The van der Waals surface area contributed by atoms with Gasteiger partial charge in [-0.05, 0) is 35.4 Å². The Morgan fingerprint density at radius 2 is 1.41 bits per heavy atom. The Bertz CT molecular complexity index is 544. The highest BCUT2D eigenvalue weighted by Gasteiger charge is 1.97. The lowest BCUT2D eigenvalue weighted by Gasteiger charge is -2.01. The van der Waals surface area contributed by atoms with E-state index in [1.54, 1.807) is 0 Å². The largest absolute Gasteiger partial charge is 0.384 e.